The third kappa shape index (κ3) is 18.8. The van der Waals surface area contributed by atoms with E-state index in [1.165, 1.54) is 6.92 Å². The number of alkyl halides is 10. The van der Waals surface area contributed by atoms with Crippen molar-refractivity contribution >= 4 is 58.0 Å². The molecule has 5 saturated heterocycles. The van der Waals surface area contributed by atoms with Crippen LogP contribution in [0.15, 0.2) is 85.0 Å². The van der Waals surface area contributed by atoms with Gasteiger partial charge in [-0.2, -0.15) is 19.2 Å². The second kappa shape index (κ2) is 37.5. The summed E-state index contributed by atoms with van der Waals surface area (Å²) in [5, 5.41) is 102. The number of nitrogens with zero attached hydrogens (tertiary/aromatic N) is 7. The molecule has 5 aromatic rings. The van der Waals surface area contributed by atoms with E-state index in [0.29, 0.717) is 20.0 Å². The summed E-state index contributed by atoms with van der Waals surface area (Å²) >= 11 is 30.8. The lowest BCUT2D eigenvalue weighted by molar-refractivity contribution is -0.0514. The maximum Gasteiger partial charge on any atom is 0.350 e. The first-order valence-corrected chi connectivity index (χ1v) is 30.8. The second-order valence-corrected chi connectivity index (χ2v) is 24.4. The van der Waals surface area contributed by atoms with E-state index in [1.54, 1.807) is 4.98 Å². The van der Waals surface area contributed by atoms with Crippen molar-refractivity contribution in [1.29, 1.82) is 0 Å². The Hall–Kier alpha value is -8.51. The van der Waals surface area contributed by atoms with Gasteiger partial charge in [0.25, 0.3) is 22.2 Å². The van der Waals surface area contributed by atoms with Crippen molar-refractivity contribution in [3.63, 3.8) is 0 Å². The molecule has 10 rings (SSSR count). The van der Waals surface area contributed by atoms with Gasteiger partial charge in [-0.05, 0) is 6.92 Å². The van der Waals surface area contributed by atoms with Crippen LogP contribution in [0.2, 0.25) is 0 Å². The predicted molar refractivity (Wildman–Crippen MR) is 354 cm³/mol. The van der Waals surface area contributed by atoms with Gasteiger partial charge in [-0.3, -0.25) is 62.4 Å². The first kappa shape index (κ1) is 72.7. The largest absolute Gasteiger partial charge is 0.394 e. The van der Waals surface area contributed by atoms with Crippen LogP contribution in [-0.4, -0.2) is 261 Å². The Balaban J connectivity index is 0.000000227. The smallest absolute Gasteiger partial charge is 0.350 e. The Morgan fingerprint density at radius 3 is 1.21 bits per heavy atom. The van der Waals surface area contributed by atoms with Crippen LogP contribution in [0, 0.1) is 71.9 Å². The molecule has 0 aliphatic carbocycles. The third-order valence-corrected chi connectivity index (χ3v) is 17.3. The van der Waals surface area contributed by atoms with E-state index in [9.17, 15) is 125 Å². The van der Waals surface area contributed by atoms with Gasteiger partial charge in [0.05, 0.1) is 52.7 Å². The molecule has 5 unspecified atom stereocenters. The van der Waals surface area contributed by atoms with Crippen molar-refractivity contribution in [3.8, 4) is 59.2 Å². The molecule has 37 nitrogen and oxygen atoms in total. The average molecular weight is 1640 g/mol. The second-order valence-electron chi connectivity index (χ2n) is 21.3. The van der Waals surface area contributed by atoms with Crippen LogP contribution in [0.5, 0.6) is 0 Å². The number of hydrogen-bond acceptors (Lipinski definition) is 27. The van der Waals surface area contributed by atoms with Crippen LogP contribution >= 0.6 is 58.0 Å². The van der Waals surface area contributed by atoms with Gasteiger partial charge in [-0.1, -0.05) is 117 Å². The van der Waals surface area contributed by atoms with Gasteiger partial charge in [0, 0.05) is 24.0 Å². The molecule has 5 fully saturated rings. The van der Waals surface area contributed by atoms with E-state index in [0.717, 1.165) is 40.0 Å². The molecule has 0 spiro atoms. The van der Waals surface area contributed by atoms with Gasteiger partial charge in [0.15, 0.2) is 55.5 Å². The van der Waals surface area contributed by atoms with Crippen molar-refractivity contribution in [2.24, 2.45) is 0 Å². The molecule has 0 radical (unpaired) electrons. The molecule has 0 bridgehead atoms. The van der Waals surface area contributed by atoms with Crippen LogP contribution in [0.4, 0.5) is 26.3 Å². The number of H-pyrrole nitrogens is 5. The summed E-state index contributed by atoms with van der Waals surface area (Å²) in [6, 6.07) is 2.02. The highest BCUT2D eigenvalue weighted by Gasteiger charge is 2.60. The molecule has 15 N–H and O–H groups in total. The van der Waals surface area contributed by atoms with Crippen LogP contribution < -0.4 is 56.4 Å². The average Bonchev–Trinajstić information content (AvgIpc) is 1.61. The first-order valence-electron chi connectivity index (χ1n) is 33.9. The van der Waals surface area contributed by atoms with E-state index in [2.05, 4.69) is 39.7 Å². The minimum absolute atomic E-state index is 0.0900. The normalized spacial score (nSPS) is 33.4. The standard InChI is InChI=1S/C13H14ClFN2O5.C12H11ClF2N2O5.C12H12ClFN2O5.2C11H11ClFN3O5/c1-7-5-9(19)16-12(21)17(7)11-13(14,3-2-4-15)10(20)8(6-18)22-11;13-12(2-1-3-14)8(19)7(5-18)22-10(12)17-4-6(15)9(20)16-11(17)21;13-12(3-1-4-14)9(19)7(6-17)21-10(12)16-5-2-8(18)15-11(16)20;12-11(2-1-3-13)8(19)6(5-17)21-9(11)16-10(20)15-7(18)4-14-16;12-11(2-1-3-13)7(18)6(4-17)21-8(11)16-5-14-9(19)15-10(16)20/h5,8,10-11,18,20H,4,6H2,1H3,(H,16,19,21);4,7-8,10,18-19H,3,5H2,(H,16,20,21);2,5,7,9-10,17,19H,4,6H2,(H,15,18,20);4,6,8-9,17,19H,3,5H2,(H,15,18,20);5-8,17-18H,3-4H2,(H,15,19,20)/t8-,10+,11-,13?;7-,8+,10-,12?;7-,9+,10-,12?;6-,8+,9-,11?;6-,7+,8-,11?/m11111/s1/i6D2;5D2;6D2;5D2;4D2. The fourth-order valence-corrected chi connectivity index (χ4v) is 11.6. The van der Waals surface area contributed by atoms with E-state index < -0.39 is 245 Å². The Bertz CT molecular complexity index is 5160. The van der Waals surface area contributed by atoms with Crippen LogP contribution in [0.3, 0.4) is 0 Å². The van der Waals surface area contributed by atoms with Crippen molar-refractivity contribution in [2.75, 3.05) is 66.2 Å². The Morgan fingerprint density at radius 2 is 0.822 bits per heavy atom. The molecule has 0 amide bonds. The zero-order chi connectivity index (χ0) is 88.8. The summed E-state index contributed by atoms with van der Waals surface area (Å²) in [5.41, 5.74) is -9.55. The number of hydrogen-bond donors (Lipinski definition) is 15. The molecule has 20 atom stereocenters. The minimum Gasteiger partial charge on any atom is -0.394 e. The number of halogens is 11. The van der Waals surface area contributed by atoms with Crippen molar-refractivity contribution in [1.82, 2.24) is 58.0 Å². The topological polar surface area (TPSA) is 549 Å². The maximum absolute atomic E-state index is 13.5. The number of aliphatic hydroxyl groups excluding tert-OH is 5. The van der Waals surface area contributed by atoms with Gasteiger partial charge >= 0.3 is 34.1 Å². The molecule has 107 heavy (non-hydrogen) atoms. The molecule has 5 aliphatic heterocycles. The zero-order valence-corrected chi connectivity index (χ0v) is 56.8. The number of ether oxygens (including phenoxy) is 5. The van der Waals surface area contributed by atoms with E-state index in [1.807, 2.05) is 49.5 Å². The number of aromatic amines is 5. The summed E-state index contributed by atoms with van der Waals surface area (Å²) < 4.78 is 177. The number of aryl methyl sites for hydroxylation is 1. The lowest BCUT2D eigenvalue weighted by atomic mass is 9.99. The van der Waals surface area contributed by atoms with E-state index in [-0.39, 0.29) is 5.69 Å². The fraction of sp³-hybridized carbons (Fsp3) is 0.525. The number of aliphatic hydroxyl groups is 10. The molecule has 48 heteroatoms. The van der Waals surface area contributed by atoms with Gasteiger partial charge < -0.3 is 74.7 Å². The van der Waals surface area contributed by atoms with Gasteiger partial charge in [-0.15, -0.1) is 0 Å². The molecule has 10 heterocycles. The number of nitrogens with one attached hydrogen (secondary N) is 5. The van der Waals surface area contributed by atoms with E-state index >= 15 is 0 Å². The molecule has 582 valence electrons. The Kier molecular flexibility index (Phi) is 25.5. The zero-order valence-electron chi connectivity index (χ0n) is 63.0. The number of rotatable bonds is 10. The molecular weight excluding hydrogens is 1570 g/mol. The summed E-state index contributed by atoms with van der Waals surface area (Å²) in [6.45, 7) is -19.4. The van der Waals surface area contributed by atoms with Gasteiger partial charge in [0.1, 0.15) is 107 Å². The van der Waals surface area contributed by atoms with E-state index in [4.69, 9.17) is 95.4 Å². The van der Waals surface area contributed by atoms with Crippen LogP contribution in [0.1, 0.15) is 50.5 Å². The fourth-order valence-electron chi connectivity index (χ4n) is 9.92. The lowest BCUT2D eigenvalue weighted by Crippen LogP contribution is -2.45. The summed E-state index contributed by atoms with van der Waals surface area (Å²) in [6.07, 6.45) is -24.5. The summed E-state index contributed by atoms with van der Waals surface area (Å²) in [4.78, 5) is 117. The monoisotopic (exact) mass is 1630 g/mol. The number of aromatic nitrogens is 12. The van der Waals surface area contributed by atoms with Gasteiger partial charge in [-0.25, -0.2) is 50.7 Å². The molecule has 0 saturated carbocycles. The van der Waals surface area contributed by atoms with Crippen LogP contribution in [-0.2, 0) is 23.7 Å². The Labute approximate surface area is 630 Å². The molecular formula is C59H59Cl5F6N12O25. The third-order valence-electron chi connectivity index (χ3n) is 14.8. The summed E-state index contributed by atoms with van der Waals surface area (Å²) in [7, 11) is 0. The highest BCUT2D eigenvalue weighted by molar-refractivity contribution is 6.28. The highest BCUT2D eigenvalue weighted by atomic mass is 35.5. The van der Waals surface area contributed by atoms with Gasteiger partial charge in [0.2, 0.25) is 5.82 Å². The minimum atomic E-state index is -3.10. The predicted octanol–water partition coefficient (Wildman–Crippen LogP) is -7.07. The van der Waals surface area contributed by atoms with Crippen LogP contribution in [0.25, 0.3) is 0 Å². The first-order chi connectivity index (χ1) is 53.9. The lowest BCUT2D eigenvalue weighted by Gasteiger charge is -2.26. The maximum atomic E-state index is 13.5. The molecule has 0 aromatic carbocycles. The molecule has 5 aromatic heterocycles. The Morgan fingerprint density at radius 1 is 0.477 bits per heavy atom. The quantitative estimate of drug-likeness (QED) is 0.0351. The SMILES string of the molecule is [2H]C([2H])(O)[C@H]1O[C@@H](n2c(C)cc(=O)[nH]c2=O)C(Cl)(C#CCF)[C@H]1O.[2H]C([2H])(O)[C@H]1O[C@@H](n2cc(F)c(=O)[nH]c2=O)C(Cl)(C#CCF)[C@H]1O.[2H]C([2H])(O)[C@H]1O[C@@H](n2ccc(=O)[nH]c2=O)C(Cl)(C#CCF)[C@H]1O.[2H]C([2H])(O)[C@H]1O[C@@H](n2cnc(=O)[nH]c2=O)C(Cl)(C#CCF)[C@H]1O.[2H]C([2H])(O)[C@H]1O[C@@H](n2ncc(=O)[nH]c2=O)C(Cl)(C#CCF)[C@H]1O. The highest BCUT2D eigenvalue weighted by Crippen LogP contribution is 2.47. The summed E-state index contributed by atoms with van der Waals surface area (Å²) in [5.74, 6) is 19.2. The van der Waals surface area contributed by atoms with Crippen molar-refractivity contribution < 1.29 is 115 Å². The molecule has 5 aliphatic rings. The van der Waals surface area contributed by atoms with Crippen molar-refractivity contribution in [2.45, 2.75) is 123 Å². The van der Waals surface area contributed by atoms with Crippen molar-refractivity contribution in [3.05, 3.63) is 153 Å².